The van der Waals surface area contributed by atoms with Gasteiger partial charge in [0.25, 0.3) is 0 Å². The molecule has 1 rings (SSSR count). The van der Waals surface area contributed by atoms with Gasteiger partial charge < -0.3 is 4.74 Å². The fourth-order valence-electron chi connectivity index (χ4n) is 0.863. The van der Waals surface area contributed by atoms with Crippen molar-refractivity contribution in [2.45, 2.75) is 19.8 Å². The number of ether oxygens (including phenoxy) is 1. The number of allylic oxidation sites excluding steroid dienone is 3. The van der Waals surface area contributed by atoms with E-state index < -0.39 is 0 Å². The summed E-state index contributed by atoms with van der Waals surface area (Å²) in [5.74, 6) is 1.03. The van der Waals surface area contributed by atoms with Crippen LogP contribution >= 0.6 is 0 Å². The molecule has 0 aromatic carbocycles. The third-order valence-electron chi connectivity index (χ3n) is 1.27. The highest BCUT2D eigenvalue weighted by Crippen LogP contribution is 2.09. The number of hydrogen-bond acceptors (Lipinski definition) is 1. The monoisotopic (exact) mass is 124 g/mol. The van der Waals surface area contributed by atoms with Crippen molar-refractivity contribution in [1.29, 1.82) is 0 Å². The maximum Gasteiger partial charge on any atom is 0.114 e. The highest BCUT2D eigenvalue weighted by molar-refractivity contribution is 5.15. The van der Waals surface area contributed by atoms with Gasteiger partial charge in [-0.1, -0.05) is 6.08 Å². The maximum absolute atomic E-state index is 5.26. The first-order valence-corrected chi connectivity index (χ1v) is 3.43. The van der Waals surface area contributed by atoms with E-state index in [4.69, 9.17) is 4.74 Å². The van der Waals surface area contributed by atoms with Gasteiger partial charge in [0.05, 0.1) is 6.61 Å². The van der Waals surface area contributed by atoms with E-state index in [1.165, 1.54) is 0 Å². The van der Waals surface area contributed by atoms with Gasteiger partial charge in [-0.15, -0.1) is 0 Å². The van der Waals surface area contributed by atoms with Crippen molar-refractivity contribution < 1.29 is 4.74 Å². The summed E-state index contributed by atoms with van der Waals surface area (Å²) in [6.45, 7) is 2.78. The molecule has 0 saturated heterocycles. The topological polar surface area (TPSA) is 9.23 Å². The predicted octanol–water partition coefficient (Wildman–Crippen LogP) is 2.26. The Hall–Kier alpha value is -0.720. The van der Waals surface area contributed by atoms with Crippen LogP contribution in [-0.2, 0) is 4.74 Å². The molecule has 0 heterocycles. The first-order valence-electron chi connectivity index (χ1n) is 3.43. The van der Waals surface area contributed by atoms with Crippen molar-refractivity contribution in [3.63, 3.8) is 0 Å². The molecule has 0 saturated carbocycles. The van der Waals surface area contributed by atoms with Crippen LogP contribution in [0.2, 0.25) is 0 Å². The van der Waals surface area contributed by atoms with Crippen LogP contribution in [0, 0.1) is 0 Å². The zero-order valence-corrected chi connectivity index (χ0v) is 5.76. The van der Waals surface area contributed by atoms with E-state index in [9.17, 15) is 0 Å². The molecule has 0 unspecified atom stereocenters. The lowest BCUT2D eigenvalue weighted by Crippen LogP contribution is -1.90. The fraction of sp³-hybridized carbons (Fsp3) is 0.500. The van der Waals surface area contributed by atoms with E-state index in [2.05, 4.69) is 12.2 Å². The van der Waals surface area contributed by atoms with Crippen molar-refractivity contribution in [2.75, 3.05) is 6.61 Å². The van der Waals surface area contributed by atoms with Crippen LogP contribution in [0.3, 0.4) is 0 Å². The summed E-state index contributed by atoms with van der Waals surface area (Å²) in [6, 6.07) is 0. The van der Waals surface area contributed by atoms with Gasteiger partial charge in [0, 0.05) is 0 Å². The average Bonchev–Trinajstić information content (AvgIpc) is 1.91. The molecular weight excluding hydrogens is 112 g/mol. The molecule has 1 heteroatoms. The Labute approximate surface area is 56.0 Å². The van der Waals surface area contributed by atoms with Crippen molar-refractivity contribution in [2.24, 2.45) is 0 Å². The Morgan fingerprint density at radius 2 is 2.44 bits per heavy atom. The molecule has 50 valence electrons. The zero-order valence-electron chi connectivity index (χ0n) is 5.76. The van der Waals surface area contributed by atoms with Crippen molar-refractivity contribution in [3.8, 4) is 0 Å². The Morgan fingerprint density at radius 3 is 3.00 bits per heavy atom. The molecule has 0 N–H and O–H groups in total. The second-order valence-corrected chi connectivity index (χ2v) is 2.02. The molecule has 1 aliphatic carbocycles. The van der Waals surface area contributed by atoms with Crippen LogP contribution in [0.4, 0.5) is 0 Å². The summed E-state index contributed by atoms with van der Waals surface area (Å²) in [5, 5.41) is 0. The Morgan fingerprint density at radius 1 is 1.56 bits per heavy atom. The number of hydrogen-bond donors (Lipinski definition) is 0. The molecule has 1 aliphatic rings. The third kappa shape index (κ3) is 1.92. The van der Waals surface area contributed by atoms with Crippen LogP contribution in [0.1, 0.15) is 19.8 Å². The summed E-state index contributed by atoms with van der Waals surface area (Å²) in [7, 11) is 0. The lowest BCUT2D eigenvalue weighted by atomic mass is 10.2. The SMILES string of the molecule is CCOC1=CCCC=C1. The minimum absolute atomic E-state index is 0.774. The molecule has 0 aliphatic heterocycles. The molecule has 0 amide bonds. The molecule has 0 radical (unpaired) electrons. The fourth-order valence-corrected chi connectivity index (χ4v) is 0.863. The van der Waals surface area contributed by atoms with Gasteiger partial charge >= 0.3 is 0 Å². The minimum Gasteiger partial charge on any atom is -0.494 e. The summed E-state index contributed by atoms with van der Waals surface area (Å²) < 4.78 is 5.26. The molecular formula is C8H12O. The molecule has 0 spiro atoms. The highest BCUT2D eigenvalue weighted by atomic mass is 16.5. The van der Waals surface area contributed by atoms with Crippen LogP contribution < -0.4 is 0 Å². The zero-order chi connectivity index (χ0) is 6.53. The van der Waals surface area contributed by atoms with Crippen LogP contribution in [0.5, 0.6) is 0 Å². The highest BCUT2D eigenvalue weighted by Gasteiger charge is 1.94. The Bertz CT molecular complexity index is 134. The van der Waals surface area contributed by atoms with E-state index in [0.29, 0.717) is 0 Å². The Balaban J connectivity index is 2.38. The quantitative estimate of drug-likeness (QED) is 0.548. The average molecular weight is 124 g/mol. The maximum atomic E-state index is 5.26. The van der Waals surface area contributed by atoms with Gasteiger partial charge in [-0.2, -0.15) is 0 Å². The van der Waals surface area contributed by atoms with E-state index in [0.717, 1.165) is 25.2 Å². The first kappa shape index (κ1) is 6.40. The predicted molar refractivity (Wildman–Crippen MR) is 38.1 cm³/mol. The second-order valence-electron chi connectivity index (χ2n) is 2.02. The van der Waals surface area contributed by atoms with E-state index in [-0.39, 0.29) is 0 Å². The van der Waals surface area contributed by atoms with Gasteiger partial charge in [-0.05, 0) is 31.9 Å². The molecule has 0 atom stereocenters. The van der Waals surface area contributed by atoms with Gasteiger partial charge in [0.2, 0.25) is 0 Å². The van der Waals surface area contributed by atoms with Crippen LogP contribution in [-0.4, -0.2) is 6.61 Å². The molecule has 1 nitrogen and oxygen atoms in total. The van der Waals surface area contributed by atoms with Gasteiger partial charge in [0.15, 0.2) is 0 Å². The summed E-state index contributed by atoms with van der Waals surface area (Å²) in [6.07, 6.45) is 8.60. The molecule has 9 heavy (non-hydrogen) atoms. The molecule has 0 fully saturated rings. The van der Waals surface area contributed by atoms with E-state index in [1.807, 2.05) is 13.0 Å². The van der Waals surface area contributed by atoms with Crippen molar-refractivity contribution in [3.05, 3.63) is 24.0 Å². The summed E-state index contributed by atoms with van der Waals surface area (Å²) in [5.41, 5.74) is 0. The summed E-state index contributed by atoms with van der Waals surface area (Å²) in [4.78, 5) is 0. The van der Waals surface area contributed by atoms with Gasteiger partial charge in [0.1, 0.15) is 5.76 Å². The van der Waals surface area contributed by atoms with E-state index in [1.54, 1.807) is 0 Å². The standard InChI is InChI=1S/C8H12O/c1-2-9-8-6-4-3-5-7-8/h4,6-7H,2-3,5H2,1H3. The third-order valence-corrected chi connectivity index (χ3v) is 1.27. The Kier molecular flexibility index (Phi) is 2.37. The van der Waals surface area contributed by atoms with Gasteiger partial charge in [-0.3, -0.25) is 0 Å². The minimum atomic E-state index is 0.774. The van der Waals surface area contributed by atoms with Crippen molar-refractivity contribution >= 4 is 0 Å². The smallest absolute Gasteiger partial charge is 0.114 e. The number of rotatable bonds is 2. The normalized spacial score (nSPS) is 17.2. The lowest BCUT2D eigenvalue weighted by molar-refractivity contribution is 0.240. The van der Waals surface area contributed by atoms with E-state index >= 15 is 0 Å². The summed E-state index contributed by atoms with van der Waals surface area (Å²) >= 11 is 0. The molecule has 0 aromatic rings. The van der Waals surface area contributed by atoms with Crippen molar-refractivity contribution in [1.82, 2.24) is 0 Å². The van der Waals surface area contributed by atoms with Gasteiger partial charge in [-0.25, -0.2) is 0 Å². The first-order chi connectivity index (χ1) is 4.43. The van der Waals surface area contributed by atoms with Crippen LogP contribution in [0.15, 0.2) is 24.0 Å². The molecule has 0 bridgehead atoms. The second kappa shape index (κ2) is 3.33. The largest absolute Gasteiger partial charge is 0.494 e. The van der Waals surface area contributed by atoms with Crippen LogP contribution in [0.25, 0.3) is 0 Å². The lowest BCUT2D eigenvalue weighted by Gasteiger charge is -2.06. The molecule has 0 aromatic heterocycles.